The van der Waals surface area contributed by atoms with Crippen molar-refractivity contribution in [3.63, 3.8) is 0 Å². The van der Waals surface area contributed by atoms with E-state index in [4.69, 9.17) is 0 Å². The van der Waals surface area contributed by atoms with E-state index in [1.807, 2.05) is 0 Å². The van der Waals surface area contributed by atoms with Gasteiger partial charge in [-0.05, 0) is 61.7 Å². The first-order valence-electron chi connectivity index (χ1n) is 4.96. The van der Waals surface area contributed by atoms with E-state index < -0.39 is 0 Å². The third-order valence-electron chi connectivity index (χ3n) is 2.28. The third-order valence-corrected chi connectivity index (χ3v) is 3.74. The van der Waals surface area contributed by atoms with E-state index >= 15 is 0 Å². The first-order chi connectivity index (χ1) is 8.45. The van der Waals surface area contributed by atoms with E-state index in [0.717, 1.165) is 4.47 Å². The van der Waals surface area contributed by atoms with Crippen LogP contribution in [0.4, 0.5) is 4.39 Å². The summed E-state index contributed by atoms with van der Waals surface area (Å²) in [5, 5.41) is 0. The van der Waals surface area contributed by atoms with Crippen molar-refractivity contribution in [3.8, 4) is 0 Å². The molecule has 0 aliphatic carbocycles. The summed E-state index contributed by atoms with van der Waals surface area (Å²) in [5.41, 5.74) is 0.563. The number of hydrogen-bond donors (Lipinski definition) is 0. The van der Waals surface area contributed by atoms with E-state index in [0.29, 0.717) is 21.1 Å². The molecule has 0 saturated carbocycles. The van der Waals surface area contributed by atoms with Crippen LogP contribution in [0.2, 0.25) is 0 Å². The van der Waals surface area contributed by atoms with Gasteiger partial charge in [-0.1, -0.05) is 15.9 Å². The van der Waals surface area contributed by atoms with Crippen LogP contribution >= 0.6 is 47.8 Å². The molecule has 1 aromatic heterocycles. The normalized spacial score (nSPS) is 10.7. The molecule has 0 amide bonds. The summed E-state index contributed by atoms with van der Waals surface area (Å²) in [6.45, 7) is 0.313. The van der Waals surface area contributed by atoms with Gasteiger partial charge in [-0.25, -0.2) is 4.39 Å². The van der Waals surface area contributed by atoms with Crippen molar-refractivity contribution in [2.45, 2.75) is 6.54 Å². The van der Waals surface area contributed by atoms with Crippen LogP contribution in [0.1, 0.15) is 5.56 Å². The van der Waals surface area contributed by atoms with Gasteiger partial charge in [0.15, 0.2) is 0 Å². The Kier molecular flexibility index (Phi) is 4.40. The average Bonchev–Trinajstić information content (AvgIpc) is 2.23. The zero-order valence-electron chi connectivity index (χ0n) is 8.96. The van der Waals surface area contributed by atoms with Crippen molar-refractivity contribution in [3.05, 3.63) is 65.6 Å². The molecule has 0 bridgehead atoms. The Balaban J connectivity index is 2.43. The molecule has 0 unspecified atom stereocenters. The second-order valence-electron chi connectivity index (χ2n) is 3.72. The summed E-state index contributed by atoms with van der Waals surface area (Å²) < 4.78 is 16.7. The lowest BCUT2D eigenvalue weighted by Crippen LogP contribution is -2.20. The van der Waals surface area contributed by atoms with E-state index in [1.165, 1.54) is 16.7 Å². The monoisotopic (exact) mass is 437 g/mol. The quantitative estimate of drug-likeness (QED) is 0.683. The Hall–Kier alpha value is -0.460. The van der Waals surface area contributed by atoms with Crippen molar-refractivity contribution >= 4 is 47.8 Å². The lowest BCUT2D eigenvalue weighted by atomic mass is 10.2. The molecule has 94 valence electrons. The van der Waals surface area contributed by atoms with Crippen LogP contribution in [-0.2, 0) is 6.54 Å². The second kappa shape index (κ2) is 5.67. The number of nitrogens with zero attached hydrogens (tertiary/aromatic N) is 1. The van der Waals surface area contributed by atoms with Crippen LogP contribution in [-0.4, -0.2) is 4.57 Å². The predicted molar refractivity (Wildman–Crippen MR) is 79.3 cm³/mol. The molecule has 2 nitrogen and oxygen atoms in total. The maximum absolute atomic E-state index is 13.3. The zero-order chi connectivity index (χ0) is 13.3. The van der Waals surface area contributed by atoms with Crippen molar-refractivity contribution in [2.24, 2.45) is 0 Å². The maximum Gasteiger partial charge on any atom is 0.265 e. The van der Waals surface area contributed by atoms with Gasteiger partial charge in [-0.2, -0.15) is 0 Å². The Bertz CT molecular complexity index is 634. The molecule has 0 saturated heterocycles. The van der Waals surface area contributed by atoms with Gasteiger partial charge >= 0.3 is 0 Å². The molecule has 1 aromatic carbocycles. The van der Waals surface area contributed by atoms with Gasteiger partial charge in [0.25, 0.3) is 5.56 Å². The van der Waals surface area contributed by atoms with E-state index in [-0.39, 0.29) is 11.4 Å². The number of hydrogen-bond acceptors (Lipinski definition) is 1. The van der Waals surface area contributed by atoms with Crippen LogP contribution in [0.3, 0.4) is 0 Å². The van der Waals surface area contributed by atoms with Crippen LogP contribution in [0, 0.1) is 5.82 Å². The molecule has 0 N–H and O–H groups in total. The molecule has 6 heteroatoms. The Labute approximate surface area is 128 Å². The fourth-order valence-corrected chi connectivity index (χ4v) is 3.35. The summed E-state index contributed by atoms with van der Waals surface area (Å²) in [6, 6.07) is 6.25. The predicted octanol–water partition coefficient (Wildman–Crippen LogP) is 4.32. The number of aromatic nitrogens is 1. The number of benzene rings is 1. The molecule has 0 spiro atoms. The van der Waals surface area contributed by atoms with Gasteiger partial charge in [-0.3, -0.25) is 4.79 Å². The van der Waals surface area contributed by atoms with Gasteiger partial charge in [-0.15, -0.1) is 0 Å². The number of pyridine rings is 1. The first-order valence-corrected chi connectivity index (χ1v) is 7.34. The summed E-state index contributed by atoms with van der Waals surface area (Å²) in [4.78, 5) is 11.9. The Morgan fingerprint density at radius 2 is 1.78 bits per heavy atom. The van der Waals surface area contributed by atoms with Gasteiger partial charge in [0.1, 0.15) is 5.82 Å². The molecule has 0 fully saturated rings. The highest BCUT2D eigenvalue weighted by Crippen LogP contribution is 2.17. The number of rotatable bonds is 2. The summed E-state index contributed by atoms with van der Waals surface area (Å²) in [5.74, 6) is -0.332. The lowest BCUT2D eigenvalue weighted by Gasteiger charge is -2.08. The summed E-state index contributed by atoms with van der Waals surface area (Å²) in [6.07, 6.45) is 1.67. The third kappa shape index (κ3) is 3.30. The lowest BCUT2D eigenvalue weighted by molar-refractivity contribution is 0.621. The zero-order valence-corrected chi connectivity index (χ0v) is 13.7. The van der Waals surface area contributed by atoms with Gasteiger partial charge in [0.05, 0.1) is 11.0 Å². The molecule has 2 aromatic rings. The minimum absolute atomic E-state index is 0.154. The molecular weight excluding hydrogens is 433 g/mol. The van der Waals surface area contributed by atoms with Crippen LogP contribution in [0.5, 0.6) is 0 Å². The topological polar surface area (TPSA) is 22.0 Å². The van der Waals surface area contributed by atoms with Crippen LogP contribution < -0.4 is 5.56 Å². The molecule has 0 aliphatic heterocycles. The highest BCUT2D eigenvalue weighted by Gasteiger charge is 2.05. The number of halogens is 4. The van der Waals surface area contributed by atoms with E-state index in [2.05, 4.69) is 47.8 Å². The van der Waals surface area contributed by atoms with Crippen molar-refractivity contribution < 1.29 is 4.39 Å². The average molecular weight is 440 g/mol. The Morgan fingerprint density at radius 1 is 1.06 bits per heavy atom. The fraction of sp³-hybridized carbons (Fsp3) is 0.0833. The minimum atomic E-state index is -0.332. The molecular formula is C12H7Br3FNO. The molecule has 18 heavy (non-hydrogen) atoms. The summed E-state index contributed by atoms with van der Waals surface area (Å²) >= 11 is 9.74. The summed E-state index contributed by atoms with van der Waals surface area (Å²) in [7, 11) is 0. The molecule has 0 aliphatic rings. The standard InChI is InChI=1S/C12H7Br3FNO/c13-8-1-7(2-10(16)3-8)5-17-6-9(14)4-11(15)12(17)18/h1-4,6H,5H2. The molecule has 1 heterocycles. The van der Waals surface area contributed by atoms with Gasteiger partial charge in [0, 0.05) is 15.1 Å². The van der Waals surface area contributed by atoms with Crippen molar-refractivity contribution in [1.29, 1.82) is 0 Å². The minimum Gasteiger partial charge on any atom is -0.309 e. The van der Waals surface area contributed by atoms with Crippen molar-refractivity contribution in [1.82, 2.24) is 4.57 Å². The largest absolute Gasteiger partial charge is 0.309 e. The van der Waals surface area contributed by atoms with Crippen LogP contribution in [0.25, 0.3) is 0 Å². The maximum atomic E-state index is 13.3. The SMILES string of the molecule is O=c1c(Br)cc(Br)cn1Cc1cc(F)cc(Br)c1. The fourth-order valence-electron chi connectivity index (χ4n) is 1.58. The van der Waals surface area contributed by atoms with Crippen molar-refractivity contribution in [2.75, 3.05) is 0 Å². The van der Waals surface area contributed by atoms with E-state index in [1.54, 1.807) is 18.3 Å². The smallest absolute Gasteiger partial charge is 0.265 e. The van der Waals surface area contributed by atoms with E-state index in [9.17, 15) is 9.18 Å². The highest BCUT2D eigenvalue weighted by atomic mass is 79.9. The highest BCUT2D eigenvalue weighted by molar-refractivity contribution is 9.11. The van der Waals surface area contributed by atoms with Gasteiger partial charge in [0.2, 0.25) is 0 Å². The van der Waals surface area contributed by atoms with Crippen LogP contribution in [0.15, 0.2) is 48.7 Å². The molecule has 0 atom stereocenters. The first kappa shape index (κ1) is 14.0. The molecule has 0 radical (unpaired) electrons. The Morgan fingerprint density at radius 3 is 2.44 bits per heavy atom. The second-order valence-corrected chi connectivity index (χ2v) is 6.40. The van der Waals surface area contributed by atoms with Gasteiger partial charge < -0.3 is 4.57 Å². The molecule has 2 rings (SSSR count).